The van der Waals surface area contributed by atoms with Crippen LogP contribution in [0.3, 0.4) is 0 Å². The number of sulfone groups is 1. The molecule has 0 aromatic rings. The predicted octanol–water partition coefficient (Wildman–Crippen LogP) is 3.64. The lowest BCUT2D eigenvalue weighted by molar-refractivity contribution is 0.287. The Morgan fingerprint density at radius 2 is 1.20 bits per heavy atom. The Hall–Kier alpha value is -0.0900. The van der Waals surface area contributed by atoms with Crippen LogP contribution in [-0.4, -0.2) is 44.5 Å². The highest BCUT2D eigenvalue weighted by molar-refractivity contribution is 7.91. The van der Waals surface area contributed by atoms with Crippen molar-refractivity contribution < 1.29 is 8.42 Å². The molecule has 0 aromatic carbocycles. The maximum atomic E-state index is 11.3. The summed E-state index contributed by atoms with van der Waals surface area (Å²) in [6.07, 6.45) is 13.6. The molecule has 3 nitrogen and oxygen atoms in total. The van der Waals surface area contributed by atoms with Gasteiger partial charge in [-0.2, -0.15) is 0 Å². The number of nitrogens with zero attached hydrogens (tertiary/aromatic N) is 1. The Balaban J connectivity index is 1.83. The summed E-state index contributed by atoms with van der Waals surface area (Å²) in [6.45, 7) is 4.85. The number of unbranched alkanes of at least 4 members (excludes halogenated alkanes) is 9. The Bertz CT molecular complexity index is 313. The van der Waals surface area contributed by atoms with Crippen molar-refractivity contribution in [2.24, 2.45) is 0 Å². The first-order valence-electron chi connectivity index (χ1n) is 8.57. The molecule has 0 aliphatic carbocycles. The van der Waals surface area contributed by atoms with Gasteiger partial charge in [0.15, 0.2) is 9.84 Å². The van der Waals surface area contributed by atoms with E-state index in [9.17, 15) is 8.42 Å². The largest absolute Gasteiger partial charge is 0.301 e. The summed E-state index contributed by atoms with van der Waals surface area (Å²) in [5, 5.41) is 0. The second-order valence-electron chi connectivity index (χ2n) is 6.18. The van der Waals surface area contributed by atoms with Gasteiger partial charge < -0.3 is 4.90 Å². The van der Waals surface area contributed by atoms with Gasteiger partial charge in [-0.05, 0) is 13.0 Å². The number of hydrogen-bond donors (Lipinski definition) is 0. The molecular formula is C16H33NO2S. The lowest BCUT2D eigenvalue weighted by atomic mass is 10.1. The molecular weight excluding hydrogens is 270 g/mol. The van der Waals surface area contributed by atoms with Gasteiger partial charge in [-0.3, -0.25) is 0 Å². The maximum Gasteiger partial charge on any atom is 0.152 e. The highest BCUT2D eigenvalue weighted by atomic mass is 32.2. The average Bonchev–Trinajstić information content (AvgIpc) is 2.42. The fraction of sp³-hybridized carbons (Fsp3) is 1.00. The van der Waals surface area contributed by atoms with Crippen molar-refractivity contribution in [3.63, 3.8) is 0 Å². The summed E-state index contributed by atoms with van der Waals surface area (Å²) < 4.78 is 22.6. The van der Waals surface area contributed by atoms with Crippen molar-refractivity contribution in [3.05, 3.63) is 0 Å². The lowest BCUT2D eigenvalue weighted by Gasteiger charge is -2.26. The zero-order valence-corrected chi connectivity index (χ0v) is 14.1. The van der Waals surface area contributed by atoms with Crippen LogP contribution in [0, 0.1) is 0 Å². The third-order valence-electron chi connectivity index (χ3n) is 4.26. The number of hydrogen-bond acceptors (Lipinski definition) is 3. The van der Waals surface area contributed by atoms with Gasteiger partial charge in [-0.1, -0.05) is 64.7 Å². The van der Waals surface area contributed by atoms with E-state index in [0.29, 0.717) is 11.5 Å². The zero-order valence-electron chi connectivity index (χ0n) is 13.3. The van der Waals surface area contributed by atoms with Crippen LogP contribution < -0.4 is 0 Å². The minimum absolute atomic E-state index is 0.366. The fourth-order valence-electron chi connectivity index (χ4n) is 2.80. The summed E-state index contributed by atoms with van der Waals surface area (Å²) in [4.78, 5) is 2.31. The minimum Gasteiger partial charge on any atom is -0.301 e. The zero-order chi connectivity index (χ0) is 14.7. The van der Waals surface area contributed by atoms with Gasteiger partial charge in [0.1, 0.15) is 0 Å². The van der Waals surface area contributed by atoms with Crippen LogP contribution in [0.25, 0.3) is 0 Å². The SMILES string of the molecule is CCCCCCCCCCCCN1CCS(=O)(=O)CC1. The van der Waals surface area contributed by atoms with Crippen LogP contribution in [-0.2, 0) is 9.84 Å². The maximum absolute atomic E-state index is 11.3. The van der Waals surface area contributed by atoms with Crippen LogP contribution in [0.5, 0.6) is 0 Å². The van der Waals surface area contributed by atoms with Gasteiger partial charge in [0.25, 0.3) is 0 Å². The molecule has 1 aliphatic rings. The monoisotopic (exact) mass is 303 g/mol. The molecule has 0 unspecified atom stereocenters. The lowest BCUT2D eigenvalue weighted by Crippen LogP contribution is -2.40. The molecule has 0 radical (unpaired) electrons. The molecule has 1 heterocycles. The van der Waals surface area contributed by atoms with E-state index in [2.05, 4.69) is 11.8 Å². The van der Waals surface area contributed by atoms with Crippen molar-refractivity contribution in [1.82, 2.24) is 4.90 Å². The molecule has 0 bridgehead atoms. The molecule has 1 aliphatic heterocycles. The van der Waals surface area contributed by atoms with Crippen molar-refractivity contribution in [3.8, 4) is 0 Å². The van der Waals surface area contributed by atoms with E-state index in [1.807, 2.05) is 0 Å². The van der Waals surface area contributed by atoms with E-state index in [1.54, 1.807) is 0 Å². The van der Waals surface area contributed by atoms with E-state index in [0.717, 1.165) is 19.6 Å². The van der Waals surface area contributed by atoms with E-state index in [1.165, 1.54) is 64.2 Å². The summed E-state index contributed by atoms with van der Waals surface area (Å²) >= 11 is 0. The van der Waals surface area contributed by atoms with Crippen LogP contribution in [0.15, 0.2) is 0 Å². The molecule has 0 atom stereocenters. The second-order valence-corrected chi connectivity index (χ2v) is 8.48. The molecule has 120 valence electrons. The standard InChI is InChI=1S/C16H33NO2S/c1-2-3-4-5-6-7-8-9-10-11-12-17-13-15-20(18,19)16-14-17/h2-16H2,1H3. The first-order valence-corrected chi connectivity index (χ1v) is 10.4. The number of rotatable bonds is 11. The normalized spacial score (nSPS) is 19.2. The van der Waals surface area contributed by atoms with Crippen molar-refractivity contribution in [2.75, 3.05) is 31.1 Å². The highest BCUT2D eigenvalue weighted by Gasteiger charge is 2.20. The molecule has 0 aromatic heterocycles. The van der Waals surface area contributed by atoms with Crippen molar-refractivity contribution >= 4 is 9.84 Å². The quantitative estimate of drug-likeness (QED) is 0.547. The predicted molar refractivity (Wildman–Crippen MR) is 86.9 cm³/mol. The molecule has 0 N–H and O–H groups in total. The van der Waals surface area contributed by atoms with Gasteiger partial charge in [-0.15, -0.1) is 0 Å². The summed E-state index contributed by atoms with van der Waals surface area (Å²) in [5.74, 6) is 0.732. The Morgan fingerprint density at radius 1 is 0.750 bits per heavy atom. The summed E-state index contributed by atoms with van der Waals surface area (Å²) in [7, 11) is -2.71. The average molecular weight is 304 g/mol. The van der Waals surface area contributed by atoms with Crippen LogP contribution in [0.4, 0.5) is 0 Å². The first-order chi connectivity index (χ1) is 9.64. The van der Waals surface area contributed by atoms with Crippen molar-refractivity contribution in [2.45, 2.75) is 71.1 Å². The Labute approximate surface area is 126 Å². The van der Waals surface area contributed by atoms with Crippen LogP contribution in [0.2, 0.25) is 0 Å². The van der Waals surface area contributed by atoms with Gasteiger partial charge in [0.05, 0.1) is 11.5 Å². The third-order valence-corrected chi connectivity index (χ3v) is 5.87. The van der Waals surface area contributed by atoms with E-state index in [4.69, 9.17) is 0 Å². The molecule has 0 spiro atoms. The van der Waals surface area contributed by atoms with E-state index in [-0.39, 0.29) is 0 Å². The van der Waals surface area contributed by atoms with Crippen LogP contribution in [0.1, 0.15) is 71.1 Å². The highest BCUT2D eigenvalue weighted by Crippen LogP contribution is 2.11. The Kier molecular flexibility index (Phi) is 9.53. The summed E-state index contributed by atoms with van der Waals surface area (Å²) in [5.41, 5.74) is 0. The molecule has 0 amide bonds. The molecule has 1 fully saturated rings. The van der Waals surface area contributed by atoms with Gasteiger partial charge in [0.2, 0.25) is 0 Å². The minimum atomic E-state index is -2.71. The van der Waals surface area contributed by atoms with E-state index >= 15 is 0 Å². The fourth-order valence-corrected chi connectivity index (χ4v) is 4.07. The molecule has 4 heteroatoms. The smallest absolute Gasteiger partial charge is 0.152 e. The molecule has 0 saturated carbocycles. The van der Waals surface area contributed by atoms with Crippen molar-refractivity contribution in [1.29, 1.82) is 0 Å². The van der Waals surface area contributed by atoms with Gasteiger partial charge in [0, 0.05) is 13.1 Å². The molecule has 1 rings (SSSR count). The van der Waals surface area contributed by atoms with Gasteiger partial charge in [-0.25, -0.2) is 8.42 Å². The topological polar surface area (TPSA) is 37.4 Å². The molecule has 20 heavy (non-hydrogen) atoms. The second kappa shape index (κ2) is 10.6. The Morgan fingerprint density at radius 3 is 1.70 bits per heavy atom. The molecule has 1 saturated heterocycles. The van der Waals surface area contributed by atoms with E-state index < -0.39 is 9.84 Å². The van der Waals surface area contributed by atoms with Gasteiger partial charge >= 0.3 is 0 Å². The third kappa shape index (κ3) is 8.96. The summed E-state index contributed by atoms with van der Waals surface area (Å²) in [6, 6.07) is 0. The van der Waals surface area contributed by atoms with Crippen LogP contribution >= 0.6 is 0 Å². The first kappa shape index (κ1) is 18.0.